The lowest BCUT2D eigenvalue weighted by atomic mass is 9.94. The molecule has 3 rings (SSSR count). The van der Waals surface area contributed by atoms with E-state index in [0.717, 1.165) is 12.0 Å². The van der Waals surface area contributed by atoms with Crippen LogP contribution in [0, 0.1) is 0 Å². The van der Waals surface area contributed by atoms with Gasteiger partial charge in [0.05, 0.1) is 33.3 Å². The van der Waals surface area contributed by atoms with Crippen molar-refractivity contribution in [3.05, 3.63) is 50.9 Å². The molecule has 29 heavy (non-hydrogen) atoms. The number of thiophene rings is 1. The van der Waals surface area contributed by atoms with Gasteiger partial charge in [-0.15, -0.1) is 11.3 Å². The molecule has 1 aromatic carbocycles. The highest BCUT2D eigenvalue weighted by molar-refractivity contribution is 7.19. The molecule has 1 heterocycles. The first-order valence-corrected chi connectivity index (χ1v) is 10.2. The lowest BCUT2D eigenvalue weighted by Gasteiger charge is -2.14. The molecule has 1 aliphatic carbocycles. The molecule has 1 N–H and O–H groups in total. The fourth-order valence-corrected chi connectivity index (χ4v) is 4.51. The van der Waals surface area contributed by atoms with Crippen LogP contribution >= 0.6 is 22.9 Å². The summed E-state index contributed by atoms with van der Waals surface area (Å²) in [6.07, 6.45) is 1.93. The number of halogens is 1. The van der Waals surface area contributed by atoms with E-state index in [1.807, 2.05) is 0 Å². The molecule has 0 fully saturated rings. The number of anilines is 1. The summed E-state index contributed by atoms with van der Waals surface area (Å²) in [7, 11) is 0. The van der Waals surface area contributed by atoms with Crippen LogP contribution in [0.2, 0.25) is 5.02 Å². The molecular formula is C20H19ClN2O5S. The topological polar surface area (TPSA) is 94.1 Å². The van der Waals surface area contributed by atoms with E-state index in [2.05, 4.69) is 10.5 Å². The van der Waals surface area contributed by atoms with Crippen molar-refractivity contribution in [1.29, 1.82) is 0 Å². The number of hydrogen-bond donors (Lipinski definition) is 1. The highest BCUT2D eigenvalue weighted by Crippen LogP contribution is 2.39. The van der Waals surface area contributed by atoms with Crippen molar-refractivity contribution in [3.8, 4) is 0 Å². The third-order valence-corrected chi connectivity index (χ3v) is 5.74. The van der Waals surface area contributed by atoms with Gasteiger partial charge in [-0.2, -0.15) is 0 Å². The van der Waals surface area contributed by atoms with Crippen LogP contribution in [0.5, 0.6) is 0 Å². The fraction of sp³-hybridized carbons (Fsp3) is 0.300. The Kier molecular flexibility index (Phi) is 6.66. The Balaban J connectivity index is 1.94. The van der Waals surface area contributed by atoms with Gasteiger partial charge in [0.2, 0.25) is 5.91 Å². The number of amides is 1. The van der Waals surface area contributed by atoms with Crippen LogP contribution in [-0.4, -0.2) is 30.2 Å². The van der Waals surface area contributed by atoms with Crippen molar-refractivity contribution < 1.29 is 24.0 Å². The Morgan fingerprint density at radius 1 is 1.21 bits per heavy atom. The van der Waals surface area contributed by atoms with Crippen LogP contribution in [0.3, 0.4) is 0 Å². The lowest BCUT2D eigenvalue weighted by Crippen LogP contribution is -2.16. The molecule has 0 aliphatic heterocycles. The van der Waals surface area contributed by atoms with E-state index in [1.165, 1.54) is 18.3 Å². The normalized spacial score (nSPS) is 14.2. The Hall–Kier alpha value is -2.71. The molecule has 7 nitrogen and oxygen atoms in total. The Morgan fingerprint density at radius 2 is 1.97 bits per heavy atom. The molecule has 0 radical (unpaired) electrons. The number of carbonyl (C=O) groups excluding carboxylic acids is 3. The van der Waals surface area contributed by atoms with Crippen LogP contribution in [0.4, 0.5) is 5.00 Å². The molecule has 0 saturated heterocycles. The molecule has 0 atom stereocenters. The SMILES string of the molecule is CCOC(=O)c1c(NC(C)=O)sc2c1CCCC2=NOC(=O)c1ccccc1Cl. The van der Waals surface area contributed by atoms with Gasteiger partial charge in [0.15, 0.2) is 0 Å². The van der Waals surface area contributed by atoms with Gasteiger partial charge in [-0.05, 0) is 43.9 Å². The number of hydrogen-bond acceptors (Lipinski definition) is 7. The van der Waals surface area contributed by atoms with Crippen LogP contribution in [0.1, 0.15) is 57.8 Å². The maximum Gasteiger partial charge on any atom is 0.367 e. The number of nitrogens with zero attached hydrogens (tertiary/aromatic N) is 1. The minimum atomic E-state index is -0.667. The van der Waals surface area contributed by atoms with Crippen LogP contribution in [0.25, 0.3) is 0 Å². The maximum atomic E-state index is 12.5. The van der Waals surface area contributed by atoms with Crippen LogP contribution in [-0.2, 0) is 20.8 Å². The van der Waals surface area contributed by atoms with Gasteiger partial charge >= 0.3 is 11.9 Å². The number of benzene rings is 1. The summed E-state index contributed by atoms with van der Waals surface area (Å²) in [5.74, 6) is -1.46. The molecule has 0 unspecified atom stereocenters. The summed E-state index contributed by atoms with van der Waals surface area (Å²) in [4.78, 5) is 42.1. The first kappa shape index (κ1) is 21.0. The Bertz CT molecular complexity index is 999. The van der Waals surface area contributed by atoms with Crippen LogP contribution < -0.4 is 5.32 Å². The van der Waals surface area contributed by atoms with E-state index in [1.54, 1.807) is 31.2 Å². The molecule has 1 amide bonds. The van der Waals surface area contributed by atoms with E-state index < -0.39 is 11.9 Å². The summed E-state index contributed by atoms with van der Waals surface area (Å²) in [5.41, 5.74) is 1.84. The predicted octanol–water partition coefficient (Wildman–Crippen LogP) is 4.43. The van der Waals surface area contributed by atoms with Gasteiger partial charge in [-0.25, -0.2) is 9.59 Å². The third-order valence-electron chi connectivity index (χ3n) is 4.21. The fourth-order valence-electron chi connectivity index (χ4n) is 3.01. The van der Waals surface area contributed by atoms with Crippen molar-refractivity contribution in [2.75, 3.05) is 11.9 Å². The molecule has 152 valence electrons. The molecule has 0 bridgehead atoms. The largest absolute Gasteiger partial charge is 0.462 e. The summed E-state index contributed by atoms with van der Waals surface area (Å²) in [6.45, 7) is 3.31. The number of carbonyl (C=O) groups is 3. The molecule has 1 aromatic heterocycles. The standard InChI is InChI=1S/C20H19ClN2O5S/c1-3-27-20(26)16-13-8-6-10-15(17(13)29-18(16)22-11(2)24)23-28-19(25)12-7-4-5-9-14(12)21/h4-5,7,9H,3,6,8,10H2,1-2H3,(H,22,24). The van der Waals surface area contributed by atoms with Crippen molar-refractivity contribution in [2.24, 2.45) is 5.16 Å². The van der Waals surface area contributed by atoms with E-state index in [-0.39, 0.29) is 23.1 Å². The zero-order valence-electron chi connectivity index (χ0n) is 15.9. The molecule has 0 saturated carbocycles. The molecule has 2 aromatic rings. The van der Waals surface area contributed by atoms with E-state index in [4.69, 9.17) is 21.2 Å². The summed E-state index contributed by atoms with van der Waals surface area (Å²) >= 11 is 7.24. The third kappa shape index (κ3) is 4.65. The van der Waals surface area contributed by atoms with Gasteiger partial charge in [0, 0.05) is 6.92 Å². The summed E-state index contributed by atoms with van der Waals surface area (Å²) in [5, 5.41) is 7.41. The van der Waals surface area contributed by atoms with Crippen LogP contribution in [0.15, 0.2) is 29.4 Å². The van der Waals surface area contributed by atoms with Gasteiger partial charge < -0.3 is 14.9 Å². The van der Waals surface area contributed by atoms with Crippen molar-refractivity contribution in [2.45, 2.75) is 33.1 Å². The number of oxime groups is 1. The zero-order valence-corrected chi connectivity index (χ0v) is 17.5. The number of fused-ring (bicyclic) bond motifs is 1. The highest BCUT2D eigenvalue weighted by Gasteiger charge is 2.30. The maximum absolute atomic E-state index is 12.5. The quantitative estimate of drug-likeness (QED) is 0.426. The molecule has 1 aliphatic rings. The predicted molar refractivity (Wildman–Crippen MR) is 111 cm³/mol. The van der Waals surface area contributed by atoms with Gasteiger partial charge in [0.25, 0.3) is 0 Å². The van der Waals surface area contributed by atoms with Gasteiger partial charge in [-0.3, -0.25) is 4.79 Å². The minimum Gasteiger partial charge on any atom is -0.462 e. The number of nitrogens with one attached hydrogen (secondary N) is 1. The monoisotopic (exact) mass is 434 g/mol. The smallest absolute Gasteiger partial charge is 0.367 e. The molecule has 9 heteroatoms. The van der Waals surface area contributed by atoms with E-state index >= 15 is 0 Å². The van der Waals surface area contributed by atoms with Crippen molar-refractivity contribution in [1.82, 2.24) is 0 Å². The van der Waals surface area contributed by atoms with Gasteiger partial charge in [0.1, 0.15) is 5.00 Å². The number of ether oxygens (including phenoxy) is 1. The van der Waals surface area contributed by atoms with Gasteiger partial charge in [-0.1, -0.05) is 28.9 Å². The lowest BCUT2D eigenvalue weighted by molar-refractivity contribution is -0.114. The second-order valence-electron chi connectivity index (χ2n) is 6.27. The number of rotatable bonds is 5. The summed E-state index contributed by atoms with van der Waals surface area (Å²) < 4.78 is 5.16. The Labute approximate surface area is 176 Å². The van der Waals surface area contributed by atoms with Crippen molar-refractivity contribution in [3.63, 3.8) is 0 Å². The Morgan fingerprint density at radius 3 is 2.66 bits per heavy atom. The second-order valence-corrected chi connectivity index (χ2v) is 7.69. The first-order chi connectivity index (χ1) is 13.9. The average molecular weight is 435 g/mol. The second kappa shape index (κ2) is 9.19. The summed E-state index contributed by atoms with van der Waals surface area (Å²) in [6, 6.07) is 6.54. The van der Waals surface area contributed by atoms with Crippen molar-refractivity contribution >= 4 is 51.5 Å². The van der Waals surface area contributed by atoms with E-state index in [0.29, 0.717) is 34.0 Å². The minimum absolute atomic E-state index is 0.215. The number of esters is 1. The highest BCUT2D eigenvalue weighted by atomic mass is 35.5. The zero-order chi connectivity index (χ0) is 21.0. The first-order valence-electron chi connectivity index (χ1n) is 9.05. The van der Waals surface area contributed by atoms with E-state index in [9.17, 15) is 14.4 Å². The molecule has 0 spiro atoms. The molecular weight excluding hydrogens is 416 g/mol. The average Bonchev–Trinajstić information content (AvgIpc) is 3.04.